The largest absolute Gasteiger partial charge is 0.413 e. The minimum absolute atomic E-state index is 0.162. The number of carbonyl (C=O) groups is 1. The second kappa shape index (κ2) is 7.92. The molecule has 0 saturated carbocycles. The first-order valence-corrected chi connectivity index (χ1v) is 6.32. The second-order valence-electron chi connectivity index (χ2n) is 3.97. The topological polar surface area (TPSA) is 78.3 Å². The first-order chi connectivity index (χ1) is 8.65. The molecule has 0 fully saturated rings. The van der Waals surface area contributed by atoms with Crippen molar-refractivity contribution in [1.82, 2.24) is 0 Å². The van der Waals surface area contributed by atoms with Crippen LogP contribution in [0, 0.1) is 0 Å². The normalized spacial score (nSPS) is 11.9. The van der Waals surface area contributed by atoms with Crippen molar-refractivity contribution in [3.05, 3.63) is 35.9 Å². The molecule has 4 N–H and O–H groups in total. The zero-order valence-electron chi connectivity index (χ0n) is 10.2. The molecule has 1 aromatic rings. The lowest BCUT2D eigenvalue weighted by atomic mass is 10.1. The van der Waals surface area contributed by atoms with E-state index in [-0.39, 0.29) is 5.05 Å². The molecule has 0 aliphatic rings. The number of hydrogen-bond acceptors (Lipinski definition) is 5. The Morgan fingerprint density at radius 1 is 1.28 bits per heavy atom. The van der Waals surface area contributed by atoms with Crippen LogP contribution in [0.2, 0.25) is 0 Å². The van der Waals surface area contributed by atoms with Crippen molar-refractivity contribution in [2.45, 2.75) is 25.3 Å². The molecule has 1 aromatic carbocycles. The highest BCUT2D eigenvalue weighted by atomic mass is 32.1. The summed E-state index contributed by atoms with van der Waals surface area (Å²) in [5, 5.41) is 0.162. The van der Waals surface area contributed by atoms with E-state index in [1.165, 1.54) is 0 Å². The fourth-order valence-corrected chi connectivity index (χ4v) is 1.64. The predicted octanol–water partition coefficient (Wildman–Crippen LogP) is 1.36. The van der Waals surface area contributed by atoms with Crippen molar-refractivity contribution < 1.29 is 9.53 Å². The summed E-state index contributed by atoms with van der Waals surface area (Å²) in [6.07, 6.45) is 2.22. The summed E-state index contributed by atoms with van der Waals surface area (Å²) in [7, 11) is 0. The van der Waals surface area contributed by atoms with Gasteiger partial charge in [0.15, 0.2) is 0 Å². The molecular weight excluding hydrogens is 248 g/mol. The van der Waals surface area contributed by atoms with Crippen molar-refractivity contribution >= 4 is 23.2 Å². The molecule has 0 spiro atoms. The van der Waals surface area contributed by atoms with Gasteiger partial charge in [-0.2, -0.15) is 0 Å². The molecule has 0 aliphatic carbocycles. The quantitative estimate of drug-likeness (QED) is 0.462. The number of rotatable bonds is 6. The summed E-state index contributed by atoms with van der Waals surface area (Å²) in [6, 6.07) is 8.46. The van der Waals surface area contributed by atoms with Crippen LogP contribution in [-0.4, -0.2) is 23.6 Å². The number of nitrogens with two attached hydrogens (primary N) is 2. The van der Waals surface area contributed by atoms with Gasteiger partial charge in [0.25, 0.3) is 0 Å². The highest BCUT2D eigenvalue weighted by molar-refractivity contribution is 7.80. The first-order valence-electron chi connectivity index (χ1n) is 5.92. The summed E-state index contributed by atoms with van der Waals surface area (Å²) >= 11 is 5.03. The zero-order chi connectivity index (χ0) is 13.4. The van der Waals surface area contributed by atoms with Crippen LogP contribution < -0.4 is 11.5 Å². The van der Waals surface area contributed by atoms with Gasteiger partial charge in [0.05, 0.1) is 0 Å². The van der Waals surface area contributed by atoms with Crippen molar-refractivity contribution in [3.8, 4) is 0 Å². The Kier molecular flexibility index (Phi) is 6.49. The van der Waals surface area contributed by atoms with Gasteiger partial charge in [-0.15, -0.1) is 0 Å². The Labute approximate surface area is 112 Å². The number of unbranched alkanes of at least 4 members (excludes halogenated alkanes) is 1. The van der Waals surface area contributed by atoms with Gasteiger partial charge in [-0.1, -0.05) is 36.8 Å². The Hall–Kier alpha value is -1.30. The summed E-state index contributed by atoms with van der Waals surface area (Å²) in [6.45, 7) is 0.601. The van der Waals surface area contributed by atoms with Gasteiger partial charge in [0, 0.05) is 5.56 Å². The first kappa shape index (κ1) is 14.8. The fraction of sp³-hybridized carbons (Fsp3) is 0.385. The molecular formula is C13H18N2O2S. The summed E-state index contributed by atoms with van der Waals surface area (Å²) in [4.78, 5) is 11.7. The van der Waals surface area contributed by atoms with E-state index in [1.54, 1.807) is 12.1 Å². The molecule has 0 saturated heterocycles. The van der Waals surface area contributed by atoms with Crippen LogP contribution in [0.1, 0.15) is 24.8 Å². The predicted molar refractivity (Wildman–Crippen MR) is 75.1 cm³/mol. The van der Waals surface area contributed by atoms with E-state index in [4.69, 9.17) is 28.4 Å². The third-order valence-corrected chi connectivity index (χ3v) is 2.79. The number of ether oxygens (including phenoxy) is 1. The molecule has 1 unspecified atom stereocenters. The van der Waals surface area contributed by atoms with Crippen LogP contribution in [0.25, 0.3) is 0 Å². The maximum absolute atomic E-state index is 11.7. The van der Waals surface area contributed by atoms with Crippen molar-refractivity contribution in [1.29, 1.82) is 0 Å². The Morgan fingerprint density at radius 3 is 2.56 bits per heavy atom. The average Bonchev–Trinajstić information content (AvgIpc) is 2.39. The molecule has 0 heterocycles. The van der Waals surface area contributed by atoms with Crippen molar-refractivity contribution in [2.75, 3.05) is 6.54 Å². The highest BCUT2D eigenvalue weighted by Gasteiger charge is 2.17. The summed E-state index contributed by atoms with van der Waals surface area (Å²) < 4.78 is 5.07. The lowest BCUT2D eigenvalue weighted by Crippen LogP contribution is -2.33. The lowest BCUT2D eigenvalue weighted by Gasteiger charge is -2.11. The highest BCUT2D eigenvalue weighted by Crippen LogP contribution is 2.06. The Bertz CT molecular complexity index is 395. The number of benzene rings is 1. The van der Waals surface area contributed by atoms with E-state index in [0.29, 0.717) is 18.5 Å². The minimum atomic E-state index is -0.641. The summed E-state index contributed by atoms with van der Waals surface area (Å²) in [5.74, 6) is -0.485. The molecule has 5 heteroatoms. The van der Waals surface area contributed by atoms with E-state index in [0.717, 1.165) is 12.8 Å². The van der Waals surface area contributed by atoms with E-state index < -0.39 is 12.0 Å². The monoisotopic (exact) mass is 266 g/mol. The maximum Gasteiger partial charge on any atom is 0.329 e. The van der Waals surface area contributed by atoms with Gasteiger partial charge in [0.2, 0.25) is 5.05 Å². The SMILES string of the molecule is NCCCCC(N)C(=O)OC(=S)c1ccccc1. The third kappa shape index (κ3) is 4.91. The van der Waals surface area contributed by atoms with Crippen molar-refractivity contribution in [2.24, 2.45) is 11.5 Å². The van der Waals surface area contributed by atoms with Gasteiger partial charge in [-0.25, -0.2) is 4.79 Å². The molecule has 18 heavy (non-hydrogen) atoms. The molecule has 0 bridgehead atoms. The number of esters is 1. The van der Waals surface area contributed by atoms with Crippen molar-refractivity contribution in [3.63, 3.8) is 0 Å². The smallest absolute Gasteiger partial charge is 0.329 e. The number of carbonyl (C=O) groups excluding carboxylic acids is 1. The fourth-order valence-electron chi connectivity index (χ4n) is 1.43. The van der Waals surface area contributed by atoms with E-state index in [9.17, 15) is 4.79 Å². The van der Waals surface area contributed by atoms with Gasteiger partial charge < -0.3 is 16.2 Å². The molecule has 0 aromatic heterocycles. The number of thiocarbonyl (C=S) groups is 1. The molecule has 0 radical (unpaired) electrons. The summed E-state index contributed by atoms with van der Waals surface area (Å²) in [5.41, 5.74) is 11.8. The Morgan fingerprint density at radius 2 is 1.94 bits per heavy atom. The molecule has 1 rings (SSSR count). The third-order valence-electron chi connectivity index (χ3n) is 2.47. The van der Waals surface area contributed by atoms with Crippen LogP contribution in [0.5, 0.6) is 0 Å². The van der Waals surface area contributed by atoms with Crippen LogP contribution in [0.15, 0.2) is 30.3 Å². The van der Waals surface area contributed by atoms with E-state index in [2.05, 4.69) is 0 Å². The molecule has 0 amide bonds. The van der Waals surface area contributed by atoms with E-state index in [1.807, 2.05) is 18.2 Å². The van der Waals surface area contributed by atoms with E-state index >= 15 is 0 Å². The number of hydrogen-bond donors (Lipinski definition) is 2. The van der Waals surface area contributed by atoms with Crippen LogP contribution in [-0.2, 0) is 9.53 Å². The Balaban J connectivity index is 2.42. The van der Waals surface area contributed by atoms with Crippen LogP contribution in [0.4, 0.5) is 0 Å². The standard InChI is InChI=1S/C13H18N2O2S/c14-9-5-4-8-11(15)12(16)17-13(18)10-6-2-1-3-7-10/h1-3,6-7,11H,4-5,8-9,14-15H2. The minimum Gasteiger partial charge on any atom is -0.413 e. The van der Waals surface area contributed by atoms with Gasteiger partial charge >= 0.3 is 5.97 Å². The van der Waals surface area contributed by atoms with Gasteiger partial charge in [0.1, 0.15) is 6.04 Å². The zero-order valence-corrected chi connectivity index (χ0v) is 11.0. The van der Waals surface area contributed by atoms with Crippen LogP contribution >= 0.6 is 12.2 Å². The van der Waals surface area contributed by atoms with Gasteiger partial charge in [-0.3, -0.25) is 0 Å². The molecule has 98 valence electrons. The average molecular weight is 266 g/mol. The van der Waals surface area contributed by atoms with Gasteiger partial charge in [-0.05, 0) is 31.6 Å². The van der Waals surface area contributed by atoms with Crippen LogP contribution in [0.3, 0.4) is 0 Å². The maximum atomic E-state index is 11.7. The molecule has 0 aliphatic heterocycles. The second-order valence-corrected chi connectivity index (χ2v) is 4.34. The lowest BCUT2D eigenvalue weighted by molar-refractivity contribution is -0.136. The molecule has 4 nitrogen and oxygen atoms in total. The molecule has 1 atom stereocenters.